The van der Waals surface area contributed by atoms with Gasteiger partial charge in [-0.1, -0.05) is 24.6 Å². The lowest BCUT2D eigenvalue weighted by Gasteiger charge is -2.33. The van der Waals surface area contributed by atoms with Crippen molar-refractivity contribution >= 4 is 16.2 Å². The number of carboxylic acids is 1. The minimum absolute atomic E-state index is 0.0915. The Labute approximate surface area is 125 Å². The van der Waals surface area contributed by atoms with Gasteiger partial charge in [0.1, 0.15) is 0 Å². The molecule has 1 fully saturated rings. The summed E-state index contributed by atoms with van der Waals surface area (Å²) in [5.41, 5.74) is 0.836. The molecule has 0 heterocycles. The van der Waals surface area contributed by atoms with E-state index in [1.165, 1.54) is 10.4 Å². The Morgan fingerprint density at radius 3 is 2.62 bits per heavy atom. The minimum atomic E-state index is -3.49. The lowest BCUT2D eigenvalue weighted by Crippen LogP contribution is -2.47. The molecule has 0 saturated heterocycles. The van der Waals surface area contributed by atoms with E-state index in [4.69, 9.17) is 5.11 Å². The molecule has 2 rings (SSSR count). The molecule has 1 aromatic carbocycles. The van der Waals surface area contributed by atoms with Gasteiger partial charge in [-0.05, 0) is 30.9 Å². The van der Waals surface area contributed by atoms with Crippen LogP contribution in [0.5, 0.6) is 0 Å². The summed E-state index contributed by atoms with van der Waals surface area (Å²) in [5, 5.41) is 9.08. The number of carbonyl (C=O) groups is 1. The monoisotopic (exact) mass is 312 g/mol. The second-order valence-electron chi connectivity index (χ2n) is 5.21. The maximum atomic E-state index is 12.1. The molecule has 0 aliphatic heterocycles. The summed E-state index contributed by atoms with van der Waals surface area (Å²) >= 11 is 0. The number of carboxylic acid groups (broad SMARTS) is 1. The molecule has 0 unspecified atom stereocenters. The molecule has 21 heavy (non-hydrogen) atoms. The van der Waals surface area contributed by atoms with Gasteiger partial charge in [-0.3, -0.25) is 0 Å². The van der Waals surface area contributed by atoms with Gasteiger partial charge in [-0.2, -0.15) is 12.7 Å². The maximum absolute atomic E-state index is 12.1. The lowest BCUT2D eigenvalue weighted by atomic mass is 9.94. The fourth-order valence-electron chi connectivity index (χ4n) is 2.31. The van der Waals surface area contributed by atoms with Crippen LogP contribution in [-0.4, -0.2) is 43.4 Å². The quantitative estimate of drug-likeness (QED) is 0.793. The van der Waals surface area contributed by atoms with Crippen molar-refractivity contribution in [2.75, 3.05) is 13.6 Å². The Hall–Kier alpha value is -1.44. The molecule has 0 aromatic heterocycles. The largest absolute Gasteiger partial charge is 0.478 e. The van der Waals surface area contributed by atoms with Crippen molar-refractivity contribution in [1.29, 1.82) is 0 Å². The standard InChI is InChI=1S/C14H20N2O4S/c1-16(12-6-4-7-12)21(19,20)15-10-9-11-5-2-3-8-13(11)14(17)18/h2-3,5,8,12,15H,4,6-7,9-10H2,1H3,(H,17,18). The molecule has 0 amide bonds. The number of aromatic carboxylic acids is 1. The van der Waals surface area contributed by atoms with Gasteiger partial charge in [0.2, 0.25) is 0 Å². The average Bonchev–Trinajstić information content (AvgIpc) is 2.36. The first kappa shape index (κ1) is 15.9. The van der Waals surface area contributed by atoms with Crippen molar-refractivity contribution < 1.29 is 18.3 Å². The number of nitrogens with one attached hydrogen (secondary N) is 1. The molecule has 0 atom stereocenters. The van der Waals surface area contributed by atoms with Crippen molar-refractivity contribution in [3.05, 3.63) is 35.4 Å². The van der Waals surface area contributed by atoms with Crippen LogP contribution in [0.25, 0.3) is 0 Å². The summed E-state index contributed by atoms with van der Waals surface area (Å²) in [6, 6.07) is 6.71. The van der Waals surface area contributed by atoms with Crippen LogP contribution in [0.4, 0.5) is 0 Å². The fourth-order valence-corrected chi connectivity index (χ4v) is 3.48. The third kappa shape index (κ3) is 3.81. The topological polar surface area (TPSA) is 86.7 Å². The van der Waals surface area contributed by atoms with Crippen LogP contribution in [0.1, 0.15) is 35.2 Å². The van der Waals surface area contributed by atoms with Gasteiger partial charge < -0.3 is 5.11 Å². The highest BCUT2D eigenvalue weighted by Gasteiger charge is 2.30. The van der Waals surface area contributed by atoms with Crippen LogP contribution >= 0.6 is 0 Å². The van der Waals surface area contributed by atoms with Gasteiger partial charge in [-0.25, -0.2) is 9.52 Å². The molecule has 7 heteroatoms. The van der Waals surface area contributed by atoms with E-state index in [-0.39, 0.29) is 18.2 Å². The minimum Gasteiger partial charge on any atom is -0.478 e. The number of benzene rings is 1. The lowest BCUT2D eigenvalue weighted by molar-refractivity contribution is 0.0695. The normalized spacial score (nSPS) is 15.9. The molecule has 2 N–H and O–H groups in total. The highest BCUT2D eigenvalue weighted by molar-refractivity contribution is 7.87. The second-order valence-corrected chi connectivity index (χ2v) is 7.03. The van der Waals surface area contributed by atoms with Crippen LogP contribution in [0.15, 0.2) is 24.3 Å². The highest BCUT2D eigenvalue weighted by Crippen LogP contribution is 2.24. The molecule has 0 spiro atoms. The summed E-state index contributed by atoms with van der Waals surface area (Å²) < 4.78 is 28.0. The van der Waals surface area contributed by atoms with Crippen LogP contribution in [0, 0.1) is 0 Å². The van der Waals surface area contributed by atoms with Gasteiger partial charge in [0.25, 0.3) is 10.2 Å². The Balaban J connectivity index is 1.93. The fraction of sp³-hybridized carbons (Fsp3) is 0.500. The molecule has 1 saturated carbocycles. The van der Waals surface area contributed by atoms with Gasteiger partial charge in [0, 0.05) is 19.6 Å². The van der Waals surface area contributed by atoms with Crippen LogP contribution in [-0.2, 0) is 16.6 Å². The Kier molecular flexibility index (Phi) is 4.97. The number of hydrogen-bond acceptors (Lipinski definition) is 3. The molecule has 0 radical (unpaired) electrons. The zero-order valence-electron chi connectivity index (χ0n) is 11.9. The smallest absolute Gasteiger partial charge is 0.335 e. The van der Waals surface area contributed by atoms with Crippen molar-refractivity contribution in [1.82, 2.24) is 9.03 Å². The molecule has 6 nitrogen and oxygen atoms in total. The average molecular weight is 312 g/mol. The van der Waals surface area contributed by atoms with Crippen LogP contribution in [0.3, 0.4) is 0 Å². The maximum Gasteiger partial charge on any atom is 0.335 e. The van der Waals surface area contributed by atoms with Crippen LogP contribution < -0.4 is 4.72 Å². The van der Waals surface area contributed by atoms with E-state index in [2.05, 4.69) is 4.72 Å². The molecule has 1 aliphatic carbocycles. The summed E-state index contributed by atoms with van der Waals surface area (Å²) in [7, 11) is -1.91. The molecular weight excluding hydrogens is 292 g/mol. The predicted octanol–water partition coefficient (Wildman–Crippen LogP) is 1.25. The molecule has 1 aromatic rings. The highest BCUT2D eigenvalue weighted by atomic mass is 32.2. The van der Waals surface area contributed by atoms with E-state index < -0.39 is 16.2 Å². The summed E-state index contributed by atoms with van der Waals surface area (Å²) in [6.45, 7) is 0.184. The van der Waals surface area contributed by atoms with E-state index in [0.29, 0.717) is 12.0 Å². The number of nitrogens with zero attached hydrogens (tertiary/aromatic N) is 1. The zero-order valence-corrected chi connectivity index (χ0v) is 12.8. The summed E-state index contributed by atoms with van der Waals surface area (Å²) in [4.78, 5) is 11.1. The van der Waals surface area contributed by atoms with Crippen molar-refractivity contribution in [3.63, 3.8) is 0 Å². The van der Waals surface area contributed by atoms with E-state index in [0.717, 1.165) is 19.3 Å². The van der Waals surface area contributed by atoms with E-state index >= 15 is 0 Å². The first-order valence-corrected chi connectivity index (χ1v) is 8.39. The van der Waals surface area contributed by atoms with E-state index in [1.807, 2.05) is 0 Å². The van der Waals surface area contributed by atoms with Crippen LogP contribution in [0.2, 0.25) is 0 Å². The Morgan fingerprint density at radius 2 is 2.05 bits per heavy atom. The zero-order chi connectivity index (χ0) is 15.5. The second kappa shape index (κ2) is 6.55. The summed E-state index contributed by atoms with van der Waals surface area (Å²) in [6.07, 6.45) is 3.22. The van der Waals surface area contributed by atoms with Crippen molar-refractivity contribution in [2.24, 2.45) is 0 Å². The predicted molar refractivity (Wildman–Crippen MR) is 79.4 cm³/mol. The van der Waals surface area contributed by atoms with Gasteiger partial charge >= 0.3 is 5.97 Å². The van der Waals surface area contributed by atoms with E-state index in [9.17, 15) is 13.2 Å². The molecular formula is C14H20N2O4S. The number of rotatable bonds is 7. The van der Waals surface area contributed by atoms with Gasteiger partial charge in [-0.15, -0.1) is 0 Å². The van der Waals surface area contributed by atoms with Gasteiger partial charge in [0.15, 0.2) is 0 Å². The van der Waals surface area contributed by atoms with Crippen molar-refractivity contribution in [2.45, 2.75) is 31.7 Å². The summed E-state index contributed by atoms with van der Waals surface area (Å²) in [5.74, 6) is -1.000. The Bertz CT molecular complexity index is 611. The SMILES string of the molecule is CN(C1CCC1)S(=O)(=O)NCCc1ccccc1C(=O)O. The van der Waals surface area contributed by atoms with Crippen molar-refractivity contribution in [3.8, 4) is 0 Å². The molecule has 0 bridgehead atoms. The number of hydrogen-bond donors (Lipinski definition) is 2. The third-order valence-corrected chi connectivity index (χ3v) is 5.52. The van der Waals surface area contributed by atoms with E-state index in [1.54, 1.807) is 25.2 Å². The third-order valence-electron chi connectivity index (χ3n) is 3.89. The molecule has 116 valence electrons. The first-order valence-electron chi connectivity index (χ1n) is 6.95. The Morgan fingerprint density at radius 1 is 1.38 bits per heavy atom. The molecule has 1 aliphatic rings. The first-order chi connectivity index (χ1) is 9.92. The van der Waals surface area contributed by atoms with Gasteiger partial charge in [0.05, 0.1) is 5.56 Å².